The fourth-order valence-electron chi connectivity index (χ4n) is 5.77. The van der Waals surface area contributed by atoms with E-state index < -0.39 is 38.6 Å². The Balaban J connectivity index is 4.46. The number of phosphoric ester groups is 1. The van der Waals surface area contributed by atoms with Gasteiger partial charge in [0.2, 0.25) is 5.91 Å². The van der Waals surface area contributed by atoms with E-state index in [1.54, 1.807) is 6.08 Å². The quantitative estimate of drug-likeness (QED) is 0.0181. The summed E-state index contributed by atoms with van der Waals surface area (Å²) in [7, 11) is -4.41. The van der Waals surface area contributed by atoms with E-state index in [0.29, 0.717) is 12.8 Å². The number of unbranched alkanes of at least 4 members (excludes halogenated alkanes) is 19. The second-order valence-electron chi connectivity index (χ2n) is 14.1. The molecule has 6 N–H and O–H groups in total. The molecule has 0 saturated carbocycles. The highest BCUT2D eigenvalue weighted by atomic mass is 31.2. The lowest BCUT2D eigenvalue weighted by Crippen LogP contribution is -2.46. The van der Waals surface area contributed by atoms with Gasteiger partial charge in [0, 0.05) is 6.54 Å². The van der Waals surface area contributed by atoms with Gasteiger partial charge in [0.15, 0.2) is 0 Å². The summed E-state index contributed by atoms with van der Waals surface area (Å²) in [5.41, 5.74) is 5.35. The van der Waals surface area contributed by atoms with Crippen molar-refractivity contribution in [2.75, 3.05) is 19.8 Å². The van der Waals surface area contributed by atoms with Gasteiger partial charge in [-0.05, 0) is 57.8 Å². The average Bonchev–Trinajstić information content (AvgIpc) is 3.12. The van der Waals surface area contributed by atoms with Crippen molar-refractivity contribution in [3.8, 4) is 0 Å². The van der Waals surface area contributed by atoms with E-state index in [1.165, 1.54) is 89.9 Å². The minimum Gasteiger partial charge on any atom is -0.393 e. The van der Waals surface area contributed by atoms with Crippen LogP contribution in [-0.4, -0.2) is 59.0 Å². The first kappa shape index (κ1) is 50.4. The fraction of sp³-hybridized carbons (Fsp3) is 0.786. The molecule has 0 heterocycles. The van der Waals surface area contributed by atoms with Crippen LogP contribution in [0.4, 0.5) is 0 Å². The van der Waals surface area contributed by atoms with Crippen LogP contribution in [0, 0.1) is 0 Å². The number of aliphatic hydroxyl groups excluding tert-OH is 2. The van der Waals surface area contributed by atoms with E-state index in [9.17, 15) is 24.5 Å². The minimum atomic E-state index is -4.41. The number of aliphatic hydroxyl groups is 2. The highest BCUT2D eigenvalue weighted by molar-refractivity contribution is 7.47. The van der Waals surface area contributed by atoms with Gasteiger partial charge in [-0.15, -0.1) is 0 Å². The molecule has 4 unspecified atom stereocenters. The number of amides is 1. The third-order valence-electron chi connectivity index (χ3n) is 8.96. The Kier molecular flexibility index (Phi) is 36.6. The Morgan fingerprint density at radius 3 is 1.75 bits per heavy atom. The van der Waals surface area contributed by atoms with Gasteiger partial charge in [-0.3, -0.25) is 13.8 Å². The van der Waals surface area contributed by atoms with E-state index in [4.69, 9.17) is 14.8 Å². The van der Waals surface area contributed by atoms with Gasteiger partial charge >= 0.3 is 7.82 Å². The number of nitrogens with one attached hydrogen (secondary N) is 1. The normalized spacial score (nSPS) is 15.3. The summed E-state index contributed by atoms with van der Waals surface area (Å²) in [5, 5.41) is 24.0. The van der Waals surface area contributed by atoms with Gasteiger partial charge in [0.1, 0.15) is 0 Å². The smallest absolute Gasteiger partial charge is 0.393 e. The summed E-state index contributed by atoms with van der Waals surface area (Å²) in [6.45, 7) is 3.89. The molecular weight excluding hydrogens is 675 g/mol. The van der Waals surface area contributed by atoms with Gasteiger partial charge in [0.05, 0.1) is 37.9 Å². The zero-order valence-corrected chi connectivity index (χ0v) is 34.0. The van der Waals surface area contributed by atoms with Crippen molar-refractivity contribution in [2.24, 2.45) is 5.73 Å². The van der Waals surface area contributed by atoms with Crippen molar-refractivity contribution in [1.29, 1.82) is 0 Å². The van der Waals surface area contributed by atoms with Crippen molar-refractivity contribution >= 4 is 13.7 Å². The maximum Gasteiger partial charge on any atom is 0.472 e. The van der Waals surface area contributed by atoms with Crippen molar-refractivity contribution in [3.05, 3.63) is 48.6 Å². The fourth-order valence-corrected chi connectivity index (χ4v) is 6.53. The summed E-state index contributed by atoms with van der Waals surface area (Å²) in [6.07, 6.45) is 41.9. The molecule has 0 aromatic carbocycles. The maximum atomic E-state index is 12.8. The number of phosphoric acid groups is 1. The molecule has 4 atom stereocenters. The van der Waals surface area contributed by atoms with Gasteiger partial charge in [-0.2, -0.15) is 0 Å². The monoisotopic (exact) mass is 755 g/mol. The average molecular weight is 755 g/mol. The summed E-state index contributed by atoms with van der Waals surface area (Å²) >= 11 is 0. The SMILES string of the molecule is CCCCC/C=C\C=C/CCCCCCC(O)CC(=O)NC(COP(=O)(O)OCCN)C(O)/C=C/CC/C=C/CCCCCCCCCCCCC. The number of rotatable bonds is 38. The Hall–Kier alpha value is -1.58. The Morgan fingerprint density at radius 2 is 1.15 bits per heavy atom. The largest absolute Gasteiger partial charge is 0.472 e. The Labute approximate surface area is 318 Å². The molecular formula is C42H79N2O7P. The Bertz CT molecular complexity index is 972. The highest BCUT2D eigenvalue weighted by Gasteiger charge is 2.27. The number of hydrogen-bond acceptors (Lipinski definition) is 7. The van der Waals surface area contributed by atoms with Gasteiger partial charge in [0.25, 0.3) is 0 Å². The van der Waals surface area contributed by atoms with Crippen LogP contribution in [-0.2, 0) is 18.4 Å². The molecule has 0 aromatic heterocycles. The van der Waals surface area contributed by atoms with Crippen LogP contribution in [0.3, 0.4) is 0 Å². The van der Waals surface area contributed by atoms with Gasteiger partial charge in [-0.25, -0.2) is 4.57 Å². The predicted octanol–water partition coefficient (Wildman–Crippen LogP) is 10.3. The lowest BCUT2D eigenvalue weighted by Gasteiger charge is -2.24. The second-order valence-corrected chi connectivity index (χ2v) is 15.5. The van der Waals surface area contributed by atoms with Crippen LogP contribution in [0.5, 0.6) is 0 Å². The maximum absolute atomic E-state index is 12.8. The number of allylic oxidation sites excluding steroid dienone is 7. The Morgan fingerprint density at radius 1 is 0.673 bits per heavy atom. The molecule has 9 nitrogen and oxygen atoms in total. The zero-order chi connectivity index (χ0) is 38.4. The molecule has 10 heteroatoms. The van der Waals surface area contributed by atoms with Crippen LogP contribution in [0.1, 0.15) is 174 Å². The number of carbonyl (C=O) groups is 1. The minimum absolute atomic E-state index is 0.0407. The number of nitrogens with two attached hydrogens (primary N) is 1. The molecule has 0 aliphatic heterocycles. The molecule has 0 aliphatic carbocycles. The van der Waals surface area contributed by atoms with Crippen LogP contribution in [0.2, 0.25) is 0 Å². The second kappa shape index (κ2) is 37.7. The molecule has 0 bridgehead atoms. The molecule has 1 amide bonds. The molecule has 304 valence electrons. The number of carbonyl (C=O) groups excluding carboxylic acids is 1. The zero-order valence-electron chi connectivity index (χ0n) is 33.1. The van der Waals surface area contributed by atoms with Gasteiger partial charge < -0.3 is 26.2 Å². The van der Waals surface area contributed by atoms with Crippen LogP contribution >= 0.6 is 7.82 Å². The third-order valence-corrected chi connectivity index (χ3v) is 9.94. The molecule has 0 aliphatic rings. The molecule has 0 fully saturated rings. The first-order valence-corrected chi connectivity index (χ1v) is 22.4. The molecule has 0 saturated heterocycles. The summed E-state index contributed by atoms with van der Waals surface area (Å²) in [6, 6.07) is -1.01. The van der Waals surface area contributed by atoms with E-state index in [-0.39, 0.29) is 19.6 Å². The van der Waals surface area contributed by atoms with Crippen LogP contribution < -0.4 is 11.1 Å². The van der Waals surface area contributed by atoms with Crippen molar-refractivity contribution in [3.63, 3.8) is 0 Å². The van der Waals surface area contributed by atoms with E-state index in [2.05, 4.69) is 55.6 Å². The van der Waals surface area contributed by atoms with E-state index in [1.807, 2.05) is 6.08 Å². The van der Waals surface area contributed by atoms with Gasteiger partial charge in [-0.1, -0.05) is 159 Å². The van der Waals surface area contributed by atoms with Crippen molar-refractivity contribution in [1.82, 2.24) is 5.32 Å². The molecule has 0 aromatic rings. The molecule has 0 spiro atoms. The lowest BCUT2D eigenvalue weighted by molar-refractivity contribution is -0.124. The lowest BCUT2D eigenvalue weighted by atomic mass is 10.0. The first-order valence-electron chi connectivity index (χ1n) is 20.9. The summed E-state index contributed by atoms with van der Waals surface area (Å²) < 4.78 is 22.0. The van der Waals surface area contributed by atoms with E-state index >= 15 is 0 Å². The van der Waals surface area contributed by atoms with Crippen LogP contribution in [0.15, 0.2) is 48.6 Å². The molecule has 0 radical (unpaired) electrons. The van der Waals surface area contributed by atoms with E-state index in [0.717, 1.165) is 51.4 Å². The third kappa shape index (κ3) is 35.4. The van der Waals surface area contributed by atoms with Crippen molar-refractivity contribution < 1.29 is 33.5 Å². The highest BCUT2D eigenvalue weighted by Crippen LogP contribution is 2.43. The van der Waals surface area contributed by atoms with Crippen LogP contribution in [0.25, 0.3) is 0 Å². The topological polar surface area (TPSA) is 151 Å². The standard InChI is InChI=1S/C42H79N2O7P/c1-3-5-7-9-11-13-15-17-18-19-20-22-24-26-28-30-32-34-41(46)40(38-51-52(48,49)50-36-35-43)44-42(47)37-39(45)33-31-29-27-25-23-21-16-14-12-10-8-6-4-2/h12,14,16,21,24,26,32,34,39-41,45-46H,3-11,13,15,17-20,22-23,25,27-31,33,35-38,43H2,1-2H3,(H,44,47)(H,48,49)/b14-12-,21-16-,26-24+,34-32+. The van der Waals surface area contributed by atoms with Crippen molar-refractivity contribution in [2.45, 2.75) is 193 Å². The number of hydrogen-bond donors (Lipinski definition) is 5. The predicted molar refractivity (Wildman–Crippen MR) is 218 cm³/mol. The summed E-state index contributed by atoms with van der Waals surface area (Å²) in [5.74, 6) is -0.470. The molecule has 52 heavy (non-hydrogen) atoms. The molecule has 0 rings (SSSR count). The summed E-state index contributed by atoms with van der Waals surface area (Å²) in [4.78, 5) is 22.7. The first-order chi connectivity index (χ1) is 25.3.